The minimum atomic E-state index is -3.42. The molecule has 1 saturated heterocycles. The average molecular weight is 445 g/mol. The Labute approximate surface area is 185 Å². The SMILES string of the molecule is CCOCc1ccccc1CNC(=O)CCc1ccc(S(=O)(=O)N2CCCCC2)cc1. The van der Waals surface area contributed by atoms with Crippen LogP contribution in [0.5, 0.6) is 0 Å². The molecule has 6 nitrogen and oxygen atoms in total. The van der Waals surface area contributed by atoms with Crippen molar-refractivity contribution in [2.75, 3.05) is 19.7 Å². The summed E-state index contributed by atoms with van der Waals surface area (Å²) in [5, 5.41) is 2.97. The number of ether oxygens (including phenoxy) is 1. The van der Waals surface area contributed by atoms with Crippen LogP contribution >= 0.6 is 0 Å². The van der Waals surface area contributed by atoms with E-state index in [-0.39, 0.29) is 5.91 Å². The highest BCUT2D eigenvalue weighted by Crippen LogP contribution is 2.21. The van der Waals surface area contributed by atoms with Crippen molar-refractivity contribution in [3.05, 3.63) is 65.2 Å². The summed E-state index contributed by atoms with van der Waals surface area (Å²) in [7, 11) is -3.42. The van der Waals surface area contributed by atoms with Crippen molar-refractivity contribution in [1.82, 2.24) is 9.62 Å². The van der Waals surface area contributed by atoms with Crippen LogP contribution in [0.1, 0.15) is 49.3 Å². The van der Waals surface area contributed by atoms with Crippen molar-refractivity contribution in [1.29, 1.82) is 0 Å². The third-order valence-electron chi connectivity index (χ3n) is 5.57. The molecule has 0 unspecified atom stereocenters. The van der Waals surface area contributed by atoms with Gasteiger partial charge in [-0.2, -0.15) is 4.31 Å². The Balaban J connectivity index is 1.50. The fourth-order valence-corrected chi connectivity index (χ4v) is 5.22. The van der Waals surface area contributed by atoms with Crippen LogP contribution in [0.25, 0.3) is 0 Å². The molecule has 0 aliphatic carbocycles. The van der Waals surface area contributed by atoms with E-state index in [0.29, 0.717) is 50.6 Å². The Morgan fingerprint density at radius 3 is 2.35 bits per heavy atom. The van der Waals surface area contributed by atoms with E-state index in [9.17, 15) is 13.2 Å². The van der Waals surface area contributed by atoms with Crippen molar-refractivity contribution in [2.45, 2.75) is 57.1 Å². The van der Waals surface area contributed by atoms with Gasteiger partial charge in [-0.05, 0) is 55.0 Å². The molecule has 1 amide bonds. The van der Waals surface area contributed by atoms with E-state index >= 15 is 0 Å². The molecule has 0 spiro atoms. The molecule has 31 heavy (non-hydrogen) atoms. The van der Waals surface area contributed by atoms with Crippen molar-refractivity contribution in [2.24, 2.45) is 0 Å². The van der Waals surface area contributed by atoms with Crippen LogP contribution < -0.4 is 5.32 Å². The lowest BCUT2D eigenvalue weighted by Gasteiger charge is -2.25. The zero-order chi connectivity index (χ0) is 22.1. The van der Waals surface area contributed by atoms with Gasteiger partial charge in [0.05, 0.1) is 11.5 Å². The molecule has 0 atom stereocenters. The van der Waals surface area contributed by atoms with Gasteiger partial charge in [0.15, 0.2) is 0 Å². The number of aryl methyl sites for hydroxylation is 1. The average Bonchev–Trinajstić information content (AvgIpc) is 2.81. The van der Waals surface area contributed by atoms with Gasteiger partial charge < -0.3 is 10.1 Å². The summed E-state index contributed by atoms with van der Waals surface area (Å²) in [5.74, 6) is -0.0313. The van der Waals surface area contributed by atoms with Crippen molar-refractivity contribution < 1.29 is 17.9 Å². The largest absolute Gasteiger partial charge is 0.377 e. The summed E-state index contributed by atoms with van der Waals surface area (Å²) in [6.45, 7) is 4.80. The number of nitrogens with one attached hydrogen (secondary N) is 1. The Morgan fingerprint density at radius 2 is 1.68 bits per heavy atom. The number of nitrogens with zero attached hydrogens (tertiary/aromatic N) is 1. The zero-order valence-corrected chi connectivity index (χ0v) is 19.0. The molecule has 7 heteroatoms. The maximum absolute atomic E-state index is 12.7. The maximum Gasteiger partial charge on any atom is 0.243 e. The number of rotatable bonds is 10. The van der Waals surface area contributed by atoms with Crippen LogP contribution in [0.4, 0.5) is 0 Å². The van der Waals surface area contributed by atoms with E-state index in [0.717, 1.165) is 36.0 Å². The number of piperidine rings is 1. The minimum Gasteiger partial charge on any atom is -0.377 e. The molecule has 0 radical (unpaired) electrons. The molecular formula is C24H32N2O4S. The number of sulfonamides is 1. The summed E-state index contributed by atoms with van der Waals surface area (Å²) >= 11 is 0. The van der Waals surface area contributed by atoms with Gasteiger partial charge in [-0.15, -0.1) is 0 Å². The van der Waals surface area contributed by atoms with Gasteiger partial charge in [0.2, 0.25) is 15.9 Å². The molecule has 2 aromatic rings. The summed E-state index contributed by atoms with van der Waals surface area (Å²) in [5.41, 5.74) is 3.08. The molecule has 1 N–H and O–H groups in total. The Morgan fingerprint density at radius 1 is 1.00 bits per heavy atom. The molecule has 0 aromatic heterocycles. The monoisotopic (exact) mass is 444 g/mol. The van der Waals surface area contributed by atoms with Crippen molar-refractivity contribution in [3.63, 3.8) is 0 Å². The smallest absolute Gasteiger partial charge is 0.243 e. The number of benzene rings is 2. The molecule has 1 aliphatic rings. The van der Waals surface area contributed by atoms with E-state index in [4.69, 9.17) is 4.74 Å². The maximum atomic E-state index is 12.7. The number of hydrogen-bond donors (Lipinski definition) is 1. The molecular weight excluding hydrogens is 412 g/mol. The predicted molar refractivity (Wildman–Crippen MR) is 121 cm³/mol. The van der Waals surface area contributed by atoms with Crippen molar-refractivity contribution >= 4 is 15.9 Å². The molecule has 0 bridgehead atoms. The van der Waals surface area contributed by atoms with Crippen LogP contribution in [-0.2, 0) is 39.1 Å². The first-order valence-electron chi connectivity index (χ1n) is 11.0. The Kier molecular flexibility index (Phi) is 8.63. The second kappa shape index (κ2) is 11.4. The minimum absolute atomic E-state index is 0.0313. The fourth-order valence-electron chi connectivity index (χ4n) is 3.71. The van der Waals surface area contributed by atoms with E-state index < -0.39 is 10.0 Å². The lowest BCUT2D eigenvalue weighted by molar-refractivity contribution is -0.121. The van der Waals surface area contributed by atoms with E-state index in [1.165, 1.54) is 0 Å². The van der Waals surface area contributed by atoms with Gasteiger partial charge >= 0.3 is 0 Å². The molecule has 1 fully saturated rings. The molecule has 3 rings (SSSR count). The second-order valence-corrected chi connectivity index (χ2v) is 9.73. The van der Waals surface area contributed by atoms with E-state index in [2.05, 4.69) is 5.32 Å². The van der Waals surface area contributed by atoms with Gasteiger partial charge in [-0.3, -0.25) is 4.79 Å². The third-order valence-corrected chi connectivity index (χ3v) is 7.49. The first-order chi connectivity index (χ1) is 15.0. The summed E-state index contributed by atoms with van der Waals surface area (Å²) in [6, 6.07) is 14.9. The fraction of sp³-hybridized carbons (Fsp3) is 0.458. The van der Waals surface area contributed by atoms with Crippen molar-refractivity contribution in [3.8, 4) is 0 Å². The molecule has 2 aromatic carbocycles. The Bertz CT molecular complexity index is 952. The molecule has 1 heterocycles. The first-order valence-corrected chi connectivity index (χ1v) is 12.4. The number of amides is 1. The van der Waals surface area contributed by atoms with Gasteiger partial charge in [0.1, 0.15) is 0 Å². The van der Waals surface area contributed by atoms with Crippen LogP contribution in [0.15, 0.2) is 53.4 Å². The Hall–Kier alpha value is -2.22. The van der Waals surface area contributed by atoms with Gasteiger partial charge in [-0.25, -0.2) is 8.42 Å². The topological polar surface area (TPSA) is 75.7 Å². The highest BCUT2D eigenvalue weighted by molar-refractivity contribution is 7.89. The standard InChI is InChI=1S/C24H32N2O4S/c1-2-30-19-22-9-5-4-8-21(22)18-25-24(27)15-12-20-10-13-23(14-11-20)31(28,29)26-16-6-3-7-17-26/h4-5,8-11,13-14H,2-3,6-7,12,15-19H2,1H3,(H,25,27). The summed E-state index contributed by atoms with van der Waals surface area (Å²) < 4.78 is 32.5. The number of hydrogen-bond acceptors (Lipinski definition) is 4. The summed E-state index contributed by atoms with van der Waals surface area (Å²) in [6.07, 6.45) is 3.85. The quantitative estimate of drug-likeness (QED) is 0.607. The van der Waals surface area contributed by atoms with Crippen LogP contribution in [-0.4, -0.2) is 38.3 Å². The highest BCUT2D eigenvalue weighted by Gasteiger charge is 2.25. The zero-order valence-electron chi connectivity index (χ0n) is 18.2. The van der Waals surface area contributed by atoms with Crippen LogP contribution in [0, 0.1) is 0 Å². The van der Waals surface area contributed by atoms with E-state index in [1.807, 2.05) is 43.3 Å². The highest BCUT2D eigenvalue weighted by atomic mass is 32.2. The molecule has 168 valence electrons. The van der Waals surface area contributed by atoms with Gasteiger partial charge in [0.25, 0.3) is 0 Å². The second-order valence-electron chi connectivity index (χ2n) is 7.79. The summed E-state index contributed by atoms with van der Waals surface area (Å²) in [4.78, 5) is 12.6. The predicted octanol–water partition coefficient (Wildman–Crippen LogP) is 3.65. The van der Waals surface area contributed by atoms with E-state index in [1.54, 1.807) is 16.4 Å². The number of carbonyl (C=O) groups excluding carboxylic acids is 1. The van der Waals surface area contributed by atoms with Crippen LogP contribution in [0.3, 0.4) is 0 Å². The van der Waals surface area contributed by atoms with Gasteiger partial charge in [0, 0.05) is 32.7 Å². The molecule has 1 aliphatic heterocycles. The lowest BCUT2D eigenvalue weighted by atomic mass is 10.1. The van der Waals surface area contributed by atoms with Gasteiger partial charge in [-0.1, -0.05) is 42.8 Å². The normalized spacial score (nSPS) is 15.0. The lowest BCUT2D eigenvalue weighted by Crippen LogP contribution is -2.35. The number of carbonyl (C=O) groups is 1. The first kappa shape index (κ1) is 23.4. The molecule has 0 saturated carbocycles. The van der Waals surface area contributed by atoms with Crippen LogP contribution in [0.2, 0.25) is 0 Å². The third kappa shape index (κ3) is 6.63.